The van der Waals surface area contributed by atoms with Crippen LogP contribution in [0.5, 0.6) is 0 Å². The zero-order valence-corrected chi connectivity index (χ0v) is 22.1. The summed E-state index contributed by atoms with van der Waals surface area (Å²) in [5.41, 5.74) is 12.1. The average Bonchev–Trinajstić information content (AvgIpc) is 3.44. The van der Waals surface area contributed by atoms with Gasteiger partial charge in [-0.2, -0.15) is 5.26 Å². The fourth-order valence-corrected chi connectivity index (χ4v) is 4.27. The van der Waals surface area contributed by atoms with Gasteiger partial charge in [0.25, 0.3) is 0 Å². The second-order valence-electron chi connectivity index (χ2n) is 8.68. The van der Waals surface area contributed by atoms with Crippen molar-refractivity contribution in [3.05, 3.63) is 90.5 Å². The van der Waals surface area contributed by atoms with E-state index in [1.165, 1.54) is 0 Å². The van der Waals surface area contributed by atoms with Crippen LogP contribution in [-0.2, 0) is 0 Å². The lowest BCUT2D eigenvalue weighted by Gasteiger charge is -2.27. The first-order valence-electron chi connectivity index (χ1n) is 12.4. The molecule has 1 aromatic heterocycles. The van der Waals surface area contributed by atoms with Crippen LogP contribution < -0.4 is 11.1 Å². The van der Waals surface area contributed by atoms with Crippen molar-refractivity contribution in [2.45, 2.75) is 27.2 Å². The summed E-state index contributed by atoms with van der Waals surface area (Å²) in [7, 11) is 0. The minimum Gasteiger partial charge on any atom is -0.384 e. The van der Waals surface area contributed by atoms with E-state index < -0.39 is 0 Å². The van der Waals surface area contributed by atoms with Gasteiger partial charge in [0.2, 0.25) is 0 Å². The lowest BCUT2D eigenvalue weighted by Crippen LogP contribution is -2.37. The van der Waals surface area contributed by atoms with Gasteiger partial charge in [-0.25, -0.2) is 9.98 Å². The molecule has 5 N–H and O–H groups in total. The van der Waals surface area contributed by atoms with Crippen LogP contribution in [0, 0.1) is 16.7 Å². The largest absolute Gasteiger partial charge is 0.384 e. The zero-order chi connectivity index (χ0) is 27.5. The minimum atomic E-state index is 0.146. The number of nitrogens with one attached hydrogen (secondary N) is 3. The van der Waals surface area contributed by atoms with Crippen LogP contribution in [0.25, 0.3) is 22.4 Å². The predicted molar refractivity (Wildman–Crippen MR) is 157 cm³/mol. The Hall–Kier alpha value is -4.90. The highest BCUT2D eigenvalue weighted by atomic mass is 15.2. The van der Waals surface area contributed by atoms with E-state index >= 15 is 0 Å². The summed E-state index contributed by atoms with van der Waals surface area (Å²) in [4.78, 5) is 14.6. The van der Waals surface area contributed by atoms with Crippen LogP contribution in [0.1, 0.15) is 27.2 Å². The standard InChI is InChI=1S/C30H34N8/c1-5-17-38(22(3)26(18-31)21(2)36-23(4)33)19-29(35-20-32)37-28-14-9-13-25(27-15-10-16-34-27)30(28)24-11-7-6-8-12-24/h6-16,20,34H,4-5,17,19,33H2,1-3H3,(H2,32,35,37)/b26-22+,36-21-. The van der Waals surface area contributed by atoms with Gasteiger partial charge in [-0.1, -0.05) is 56.0 Å². The molecule has 0 amide bonds. The summed E-state index contributed by atoms with van der Waals surface area (Å²) in [6.07, 6.45) is 3.87. The molecule has 0 bridgehead atoms. The highest BCUT2D eigenvalue weighted by molar-refractivity contribution is 6.03. The maximum atomic E-state index is 9.88. The maximum absolute atomic E-state index is 9.88. The van der Waals surface area contributed by atoms with Crippen molar-refractivity contribution in [3.8, 4) is 28.5 Å². The van der Waals surface area contributed by atoms with Crippen molar-refractivity contribution in [1.82, 2.24) is 15.2 Å². The quantitative estimate of drug-likeness (QED) is 0.145. The predicted octanol–water partition coefficient (Wildman–Crippen LogP) is 5.98. The van der Waals surface area contributed by atoms with Gasteiger partial charge in [-0.15, -0.1) is 0 Å². The van der Waals surface area contributed by atoms with Gasteiger partial charge >= 0.3 is 0 Å². The monoisotopic (exact) mass is 506 g/mol. The number of nitriles is 1. The lowest BCUT2D eigenvalue weighted by atomic mass is 9.96. The van der Waals surface area contributed by atoms with E-state index in [2.05, 4.69) is 58.0 Å². The molecule has 194 valence electrons. The number of hydrogen-bond acceptors (Lipinski definition) is 6. The molecule has 0 spiro atoms. The number of amidine groups is 1. The van der Waals surface area contributed by atoms with Crippen LogP contribution in [0.15, 0.2) is 101 Å². The molecule has 0 radical (unpaired) electrons. The number of aliphatic imine (C=N–C) groups is 2. The summed E-state index contributed by atoms with van der Waals surface area (Å²) in [6.45, 7) is 10.4. The molecular formula is C30H34N8. The molecule has 8 heteroatoms. The summed E-state index contributed by atoms with van der Waals surface area (Å²) in [5.74, 6) is 0.719. The first-order valence-corrected chi connectivity index (χ1v) is 12.4. The Morgan fingerprint density at radius 2 is 1.92 bits per heavy atom. The molecule has 2 aromatic carbocycles. The van der Waals surface area contributed by atoms with E-state index in [0.29, 0.717) is 30.2 Å². The topological polar surface area (TPSA) is 129 Å². The number of aromatic nitrogens is 1. The molecule has 3 rings (SSSR count). The van der Waals surface area contributed by atoms with Crippen LogP contribution >= 0.6 is 0 Å². The SMILES string of the molecule is C=C(N)/N=C(C)\C(C#N)=C(/C)N(CCC)C/C(=N/c1cccc(-c2ccc[nH]2)c1-c1ccccc1)NC=N. The molecule has 38 heavy (non-hydrogen) atoms. The van der Waals surface area contributed by atoms with E-state index in [1.807, 2.05) is 55.6 Å². The van der Waals surface area contributed by atoms with Crippen molar-refractivity contribution in [1.29, 1.82) is 10.7 Å². The summed E-state index contributed by atoms with van der Waals surface area (Å²) >= 11 is 0. The Labute approximate surface area is 224 Å². The summed E-state index contributed by atoms with van der Waals surface area (Å²) in [5, 5.41) is 20.6. The number of hydrogen-bond donors (Lipinski definition) is 4. The fraction of sp³-hybridized carbons (Fsp3) is 0.200. The van der Waals surface area contributed by atoms with Crippen molar-refractivity contribution in [2.24, 2.45) is 15.7 Å². The smallest absolute Gasteiger partial charge is 0.127 e. The Morgan fingerprint density at radius 3 is 2.53 bits per heavy atom. The van der Waals surface area contributed by atoms with Gasteiger partial charge in [0, 0.05) is 35.3 Å². The molecule has 0 unspecified atom stereocenters. The Bertz CT molecular complexity index is 1390. The van der Waals surface area contributed by atoms with Crippen molar-refractivity contribution in [2.75, 3.05) is 13.1 Å². The highest BCUT2D eigenvalue weighted by Gasteiger charge is 2.17. The highest BCUT2D eigenvalue weighted by Crippen LogP contribution is 2.38. The van der Waals surface area contributed by atoms with E-state index in [4.69, 9.17) is 16.1 Å². The van der Waals surface area contributed by atoms with E-state index in [0.717, 1.165) is 46.5 Å². The van der Waals surface area contributed by atoms with E-state index in [9.17, 15) is 5.26 Å². The lowest BCUT2D eigenvalue weighted by molar-refractivity contribution is 0.387. The van der Waals surface area contributed by atoms with Crippen LogP contribution in [0.3, 0.4) is 0 Å². The van der Waals surface area contributed by atoms with Crippen molar-refractivity contribution in [3.63, 3.8) is 0 Å². The normalized spacial score (nSPS) is 12.4. The van der Waals surface area contributed by atoms with Gasteiger partial charge in [-0.05, 0) is 44.0 Å². The maximum Gasteiger partial charge on any atom is 0.127 e. The second-order valence-corrected chi connectivity index (χ2v) is 8.68. The van der Waals surface area contributed by atoms with Gasteiger partial charge < -0.3 is 20.9 Å². The second kappa shape index (κ2) is 13.4. The van der Waals surface area contributed by atoms with E-state index in [1.54, 1.807) is 6.92 Å². The van der Waals surface area contributed by atoms with Crippen molar-refractivity contribution >= 4 is 23.6 Å². The van der Waals surface area contributed by atoms with Crippen molar-refractivity contribution < 1.29 is 0 Å². The Kier molecular flexibility index (Phi) is 9.78. The number of H-pyrrole nitrogens is 1. The number of nitrogens with two attached hydrogens (primary N) is 1. The molecule has 0 fully saturated rings. The molecule has 0 aliphatic carbocycles. The molecule has 0 saturated heterocycles. The van der Waals surface area contributed by atoms with Crippen LogP contribution in [0.2, 0.25) is 0 Å². The van der Waals surface area contributed by atoms with Gasteiger partial charge in [0.05, 0.1) is 29.9 Å². The molecule has 3 aromatic rings. The zero-order valence-electron chi connectivity index (χ0n) is 22.1. The number of nitrogens with zero attached hydrogens (tertiary/aromatic N) is 4. The molecule has 0 aliphatic rings. The molecular weight excluding hydrogens is 472 g/mol. The number of rotatable bonds is 11. The average molecular weight is 507 g/mol. The Balaban J connectivity index is 2.14. The first-order chi connectivity index (χ1) is 18.4. The molecule has 0 saturated carbocycles. The summed E-state index contributed by atoms with van der Waals surface area (Å²) < 4.78 is 0. The minimum absolute atomic E-state index is 0.146. The van der Waals surface area contributed by atoms with E-state index in [-0.39, 0.29) is 5.82 Å². The van der Waals surface area contributed by atoms with Gasteiger partial charge in [-0.3, -0.25) is 5.41 Å². The molecule has 0 aliphatic heterocycles. The fourth-order valence-electron chi connectivity index (χ4n) is 4.27. The third kappa shape index (κ3) is 6.86. The van der Waals surface area contributed by atoms with Gasteiger partial charge in [0.1, 0.15) is 17.7 Å². The van der Waals surface area contributed by atoms with Crippen LogP contribution in [-0.4, -0.2) is 40.9 Å². The molecule has 1 heterocycles. The summed E-state index contributed by atoms with van der Waals surface area (Å²) in [6, 6.07) is 22.4. The third-order valence-corrected chi connectivity index (χ3v) is 5.94. The Morgan fingerprint density at radius 1 is 1.16 bits per heavy atom. The molecule has 0 atom stereocenters. The molecule has 8 nitrogen and oxygen atoms in total. The third-order valence-electron chi connectivity index (χ3n) is 5.94. The number of benzene rings is 2. The number of allylic oxidation sites excluding steroid dienone is 2. The van der Waals surface area contributed by atoms with Crippen LogP contribution in [0.4, 0.5) is 5.69 Å². The van der Waals surface area contributed by atoms with Gasteiger partial charge in [0.15, 0.2) is 0 Å². The number of aromatic amines is 1. The first kappa shape index (κ1) is 27.7.